The number of aliphatic hydroxyl groups is 4. The van der Waals surface area contributed by atoms with Crippen LogP contribution >= 0.6 is 0 Å². The maximum atomic E-state index is 11.6. The number of nitrogens with one attached hydrogen (secondary N) is 13. The number of ketones is 1. The molecule has 0 aromatic carbocycles. The van der Waals surface area contributed by atoms with Gasteiger partial charge in [0, 0.05) is 274 Å². The second kappa shape index (κ2) is 96.3. The lowest BCUT2D eigenvalue weighted by molar-refractivity contribution is -0.124. The van der Waals surface area contributed by atoms with Gasteiger partial charge in [0.15, 0.2) is 0 Å². The molecule has 0 aromatic rings. The molecule has 0 radical (unpaired) electrons. The molecule has 134 heavy (non-hydrogen) atoms. The van der Waals surface area contributed by atoms with Crippen LogP contribution in [0, 0.1) is 11.8 Å². The van der Waals surface area contributed by atoms with Crippen LogP contribution < -0.4 is 132 Å². The average molecular weight is 1920 g/mol. The molecule has 11 aliphatic rings. The van der Waals surface area contributed by atoms with Crippen LogP contribution in [-0.2, 0) is 4.79 Å². The summed E-state index contributed by atoms with van der Waals surface area (Å²) < 4.78 is 0. The maximum Gasteiger partial charge on any atom is 0.317 e. The molecule has 16 amide bonds. The third-order valence-corrected chi connectivity index (χ3v) is 22.4. The molecule has 0 bridgehead atoms. The van der Waals surface area contributed by atoms with Crippen molar-refractivity contribution in [3.63, 3.8) is 0 Å². The molecule has 11 rings (SSSR count). The number of hydrogen-bond donors (Lipinski definition) is 28. The average Bonchev–Trinajstić information content (AvgIpc) is 1.73. The van der Waals surface area contributed by atoms with E-state index in [1.807, 2.05) is 14.7 Å². The SMILES string of the molecule is NCCC1CCC(CCN)C1=O.NCCCCCN.NCCCCCN1CCNC1=O.NCCCCCN1CCNCC1.NCCCCCNCCN.NCCCCCO.NCCN1CCNC1=O.NCCNCCCCCO.O=C1NCCN1.O=C1NCCN1CCCCCO.O=C1NCCN1CCN1CCNC1=O.O=C1NCCN1CCN1CCNCC1.O=C1NCCN1CCO. The molecule has 1 aliphatic carbocycles. The van der Waals surface area contributed by atoms with E-state index in [4.69, 9.17) is 83.5 Å². The van der Waals surface area contributed by atoms with Crippen LogP contribution in [0.5, 0.6) is 0 Å². The zero-order chi connectivity index (χ0) is 99.2. The van der Waals surface area contributed by atoms with Crippen LogP contribution in [0.4, 0.5) is 38.4 Å². The van der Waals surface area contributed by atoms with E-state index in [2.05, 4.69) is 78.9 Å². The van der Waals surface area contributed by atoms with Crippen LogP contribution in [0.25, 0.3) is 0 Å². The highest BCUT2D eigenvalue weighted by molar-refractivity contribution is 5.85. The molecule has 1 saturated carbocycles. The smallest absolute Gasteiger partial charge is 0.317 e. The van der Waals surface area contributed by atoms with Crippen molar-refractivity contribution in [3.8, 4) is 0 Å². The molecule has 10 aliphatic heterocycles. The number of rotatable bonds is 51. The Kier molecular flexibility index (Phi) is 92.7. The van der Waals surface area contributed by atoms with Crippen molar-refractivity contribution >= 4 is 54.0 Å². The van der Waals surface area contributed by atoms with Crippen molar-refractivity contribution in [1.29, 1.82) is 0 Å². The second-order valence-corrected chi connectivity index (χ2v) is 33.3. The van der Waals surface area contributed by atoms with E-state index >= 15 is 0 Å². The van der Waals surface area contributed by atoms with Gasteiger partial charge in [0.1, 0.15) is 5.78 Å². The van der Waals surface area contributed by atoms with E-state index in [0.29, 0.717) is 91.0 Å². The molecule has 46 heteroatoms. The molecular weight excluding hydrogens is 1730 g/mol. The Labute approximate surface area is 803 Å². The molecule has 0 aromatic heterocycles. The Morgan fingerprint density at radius 1 is 0.231 bits per heavy atom. The summed E-state index contributed by atoms with van der Waals surface area (Å²) in [5.41, 5.74) is 58.4. The molecule has 0 spiro atoms. The van der Waals surface area contributed by atoms with E-state index in [9.17, 15) is 43.2 Å². The second-order valence-electron chi connectivity index (χ2n) is 33.3. The minimum absolute atomic E-state index is 0.0143. The number of nitrogens with zero attached hydrogens (tertiary/aromatic N) is 9. The van der Waals surface area contributed by atoms with Gasteiger partial charge in [0.05, 0.1) is 6.61 Å². The van der Waals surface area contributed by atoms with Crippen molar-refractivity contribution in [3.05, 3.63) is 0 Å². The van der Waals surface area contributed by atoms with Crippen molar-refractivity contribution in [2.75, 3.05) is 341 Å². The van der Waals surface area contributed by atoms with Crippen LogP contribution in [0.15, 0.2) is 0 Å². The topological polar surface area (TPSA) is 706 Å². The number of hydrogen-bond acceptors (Lipinski definition) is 30. The van der Waals surface area contributed by atoms with Crippen molar-refractivity contribution in [2.24, 2.45) is 74.9 Å². The lowest BCUT2D eigenvalue weighted by atomic mass is 9.98. The summed E-state index contributed by atoms with van der Waals surface area (Å²) in [6, 6.07) is 0.0931. The molecule has 39 N–H and O–H groups in total. The van der Waals surface area contributed by atoms with E-state index in [0.717, 1.165) is 345 Å². The number of β-amino-alcohol motifs (C(OH)–C–C–N with tert-alkyl or cyclic N) is 1. The quantitative estimate of drug-likeness (QED) is 0.0255. The lowest BCUT2D eigenvalue weighted by Gasteiger charge is -2.28. The Balaban J connectivity index is 0. The molecule has 2 unspecified atom stereocenters. The van der Waals surface area contributed by atoms with Gasteiger partial charge in [-0.2, -0.15) is 0 Å². The third kappa shape index (κ3) is 74.1. The number of urea groups is 8. The number of aliphatic hydroxyl groups excluding tert-OH is 4. The monoisotopic (exact) mass is 1920 g/mol. The summed E-state index contributed by atoms with van der Waals surface area (Å²) in [5, 5.41) is 70.9. The number of unbranched alkanes of at least 4 members (excludes halogenated alkanes) is 14. The number of nitrogens with two attached hydrogens (primary N) is 11. The molecular formula is C88H195N33O13. The van der Waals surface area contributed by atoms with Gasteiger partial charge in [-0.05, 0) is 207 Å². The summed E-state index contributed by atoms with van der Waals surface area (Å²) in [4.78, 5) is 116. The van der Waals surface area contributed by atoms with Crippen LogP contribution in [-0.4, -0.2) is 459 Å². The first-order valence-corrected chi connectivity index (χ1v) is 50.5. The van der Waals surface area contributed by atoms with E-state index < -0.39 is 0 Å². The molecule has 11 fully saturated rings. The van der Waals surface area contributed by atoms with E-state index in [-0.39, 0.29) is 73.3 Å². The number of piperazine rings is 2. The standard InChI is InChI=1S/C9H18N4O.C9H21N3.C9H18N2O.C8H14N4O2.C8H17N3O.C8H16N2O2.C7H19N3.C7H18N2O.C5H11N3O.C5H10N2O2.C5H14N2.C5H13NO.C3H6N2O/c14-9-11-3-6-13(9)8-7-12-4-1-10-2-5-12;10-4-2-1-3-7-12-8-5-11-6-9-12;10-5-3-7-1-2-8(4-6-11)9(7)12;13-7-9-1-3-11(7)5-6-12-4-2-10-8(12)14;9-4-2-1-3-6-11-7-5-10-8(11)12;11-7-3-1-2-5-10-6-4-9-8(10)12;8-4-2-1-3-6-10-7-5-9;8-4-6-9-5-2-1-3-7-10;6-1-3-8-4-2-7-5(8)9;8-4-3-7-2-1-6-5(7)9;2*6-4-2-1-3-5-7;6-3-4-1-2-5-3/h10H,1-8H2,(H,11,14);11H,1-10H2;7-8H,1-6,10-11H2;1-6H2,(H,9,13)(H,10,14);1-7,9H2,(H,10,12);11H,1-7H2,(H,9,12);10H,1-9H2;9-10H,1-8H2;1-4,6H2,(H,7,9);8H,1-4H2,(H,6,9);1-7H2;7H,1-6H2;1-2H2,(H2,4,5,6). The Morgan fingerprint density at radius 3 is 0.776 bits per heavy atom. The largest absolute Gasteiger partial charge is 0.396 e. The number of Topliss-reactive ketones (excluding diaryl/α,β-unsaturated/α-hetero) is 1. The highest BCUT2D eigenvalue weighted by Crippen LogP contribution is 2.31. The van der Waals surface area contributed by atoms with Gasteiger partial charge >= 0.3 is 48.2 Å². The number of carbonyl (C=O) groups is 9. The first-order chi connectivity index (χ1) is 65.3. The normalized spacial score (nSPS) is 18.0. The van der Waals surface area contributed by atoms with Crippen molar-refractivity contribution in [2.45, 2.75) is 161 Å². The highest BCUT2D eigenvalue weighted by atomic mass is 16.3. The molecule has 46 nitrogen and oxygen atoms in total. The first kappa shape index (κ1) is 129. The number of amides is 16. The van der Waals surface area contributed by atoms with Gasteiger partial charge in [0.2, 0.25) is 0 Å². The Hall–Kier alpha value is -7.01. The van der Waals surface area contributed by atoms with Crippen molar-refractivity contribution < 1.29 is 63.6 Å². The first-order valence-electron chi connectivity index (χ1n) is 50.5. The zero-order valence-electron chi connectivity index (χ0n) is 82.4. The fourth-order valence-corrected chi connectivity index (χ4v) is 14.5. The van der Waals surface area contributed by atoms with E-state index in [1.54, 1.807) is 19.6 Å². The van der Waals surface area contributed by atoms with Crippen molar-refractivity contribution in [1.82, 2.24) is 113 Å². The third-order valence-electron chi connectivity index (χ3n) is 22.4. The predicted octanol–water partition coefficient (Wildman–Crippen LogP) is -4.62. The van der Waals surface area contributed by atoms with Crippen LogP contribution in [0.3, 0.4) is 0 Å². The maximum absolute atomic E-state index is 11.6. The van der Waals surface area contributed by atoms with Gasteiger partial charge in [-0.1, -0.05) is 25.7 Å². The van der Waals surface area contributed by atoms with Gasteiger partial charge in [-0.15, -0.1) is 0 Å². The Morgan fingerprint density at radius 2 is 0.500 bits per heavy atom. The van der Waals surface area contributed by atoms with Crippen LogP contribution in [0.1, 0.15) is 161 Å². The van der Waals surface area contributed by atoms with E-state index in [1.165, 1.54) is 58.2 Å². The highest BCUT2D eigenvalue weighted by Gasteiger charge is 2.33. The fourth-order valence-electron chi connectivity index (χ4n) is 14.5. The van der Waals surface area contributed by atoms with Gasteiger partial charge in [-0.25, -0.2) is 38.4 Å². The fraction of sp³-hybridized carbons (Fsp3) is 0.898. The summed E-state index contributed by atoms with van der Waals surface area (Å²) in [7, 11) is 0. The van der Waals surface area contributed by atoms with Crippen LogP contribution in [0.2, 0.25) is 0 Å². The zero-order valence-corrected chi connectivity index (χ0v) is 82.4. The lowest BCUT2D eigenvalue weighted by Crippen LogP contribution is -2.46. The summed E-state index contributed by atoms with van der Waals surface area (Å²) in [5.74, 6) is 0.893. The molecule has 10 saturated heterocycles. The minimum atomic E-state index is -0.0657. The Bertz CT molecular complexity index is 2600. The summed E-state index contributed by atoms with van der Waals surface area (Å²) in [6.45, 7) is 41.7. The van der Waals surface area contributed by atoms with Gasteiger partial charge < -0.3 is 192 Å². The predicted molar refractivity (Wildman–Crippen MR) is 536 cm³/mol. The summed E-state index contributed by atoms with van der Waals surface area (Å²) >= 11 is 0. The minimum Gasteiger partial charge on any atom is -0.396 e. The molecule has 790 valence electrons. The summed E-state index contributed by atoms with van der Waals surface area (Å²) in [6.07, 6.45) is 26.9. The molecule has 2 atom stereocenters. The van der Waals surface area contributed by atoms with Gasteiger partial charge in [0.25, 0.3) is 0 Å². The number of carbonyl (C=O) groups excluding carboxylic acids is 9. The molecule has 10 heterocycles. The van der Waals surface area contributed by atoms with Gasteiger partial charge in [-0.3, -0.25) is 9.69 Å².